The van der Waals surface area contributed by atoms with Crippen molar-refractivity contribution in [3.63, 3.8) is 0 Å². The van der Waals surface area contributed by atoms with E-state index in [1.165, 1.54) is 22.3 Å². The van der Waals surface area contributed by atoms with Crippen molar-refractivity contribution in [2.75, 3.05) is 0 Å². The zero-order chi connectivity index (χ0) is 17.0. The lowest BCUT2D eigenvalue weighted by Gasteiger charge is -2.25. The molecule has 2 heteroatoms. The third-order valence-corrected chi connectivity index (χ3v) is 4.44. The lowest BCUT2D eigenvalue weighted by molar-refractivity contribution is 0.516. The van der Waals surface area contributed by atoms with Crippen LogP contribution < -0.4 is 0 Å². The van der Waals surface area contributed by atoms with Crippen molar-refractivity contribution in [1.29, 1.82) is 0 Å². The van der Waals surface area contributed by atoms with Crippen molar-refractivity contribution in [3.8, 4) is 0 Å². The van der Waals surface area contributed by atoms with Gasteiger partial charge >= 0.3 is 0 Å². The van der Waals surface area contributed by atoms with Crippen molar-refractivity contribution >= 4 is 20.2 Å². The van der Waals surface area contributed by atoms with Crippen LogP contribution in [0.2, 0.25) is 19.6 Å². The summed E-state index contributed by atoms with van der Waals surface area (Å²) >= 11 is 0. The van der Waals surface area contributed by atoms with Crippen LogP contribution in [0.1, 0.15) is 42.0 Å². The summed E-state index contributed by atoms with van der Waals surface area (Å²) in [6, 6.07) is 17.1. The molecule has 0 saturated carbocycles. The van der Waals surface area contributed by atoms with E-state index >= 15 is 0 Å². The maximum atomic E-state index is 6.47. The number of benzene rings is 2. The molecule has 0 atom stereocenters. The van der Waals surface area contributed by atoms with E-state index in [-0.39, 0.29) is 0 Å². The minimum absolute atomic E-state index is 0.468. The Balaban J connectivity index is 2.59. The fourth-order valence-corrected chi connectivity index (χ4v) is 3.41. The Bertz CT molecular complexity index is 679. The van der Waals surface area contributed by atoms with E-state index in [4.69, 9.17) is 4.43 Å². The molecule has 2 rings (SSSR count). The van der Waals surface area contributed by atoms with E-state index in [9.17, 15) is 0 Å². The molecule has 0 radical (unpaired) electrons. The second kappa shape index (κ2) is 7.18. The van der Waals surface area contributed by atoms with Gasteiger partial charge in [-0.3, -0.25) is 0 Å². The molecule has 2 aromatic carbocycles. The Hall–Kier alpha value is -1.80. The SMILES string of the molecule is Cc1ccc(C(C)C)c(C(=Cc2ccccc2)O[Si](C)(C)C)c1. The first-order valence-electron chi connectivity index (χ1n) is 8.33. The Morgan fingerprint density at radius 1 is 1.00 bits per heavy atom. The zero-order valence-corrected chi connectivity index (χ0v) is 16.2. The lowest BCUT2D eigenvalue weighted by atomic mass is 9.94. The highest BCUT2D eigenvalue weighted by molar-refractivity contribution is 6.70. The first-order valence-corrected chi connectivity index (χ1v) is 11.7. The van der Waals surface area contributed by atoms with E-state index in [2.05, 4.69) is 89.0 Å². The van der Waals surface area contributed by atoms with Gasteiger partial charge in [0.05, 0.1) is 0 Å². The highest BCUT2D eigenvalue weighted by atomic mass is 28.4. The Labute approximate surface area is 142 Å². The highest BCUT2D eigenvalue weighted by Crippen LogP contribution is 2.31. The fourth-order valence-electron chi connectivity index (χ4n) is 2.58. The molecule has 0 bridgehead atoms. The molecule has 0 unspecified atom stereocenters. The van der Waals surface area contributed by atoms with Crippen LogP contribution in [0.4, 0.5) is 0 Å². The molecule has 0 aliphatic rings. The second-order valence-corrected chi connectivity index (χ2v) is 11.8. The first-order chi connectivity index (χ1) is 10.8. The van der Waals surface area contributed by atoms with Gasteiger partial charge in [0.2, 0.25) is 8.32 Å². The summed E-state index contributed by atoms with van der Waals surface area (Å²) in [5, 5.41) is 0. The minimum atomic E-state index is -1.70. The van der Waals surface area contributed by atoms with Crippen LogP contribution in [0.25, 0.3) is 11.8 Å². The average Bonchev–Trinajstić information content (AvgIpc) is 2.46. The fraction of sp³-hybridized carbons (Fsp3) is 0.333. The van der Waals surface area contributed by atoms with Gasteiger partial charge in [-0.1, -0.05) is 61.9 Å². The van der Waals surface area contributed by atoms with E-state index in [0.29, 0.717) is 5.92 Å². The molecule has 0 aliphatic carbocycles. The summed E-state index contributed by atoms with van der Waals surface area (Å²) in [6.45, 7) is 13.3. The molecular formula is C21H28OSi. The molecule has 0 N–H and O–H groups in total. The Morgan fingerprint density at radius 3 is 2.22 bits per heavy atom. The van der Waals surface area contributed by atoms with Crippen LogP contribution in [0.3, 0.4) is 0 Å². The molecule has 23 heavy (non-hydrogen) atoms. The molecule has 0 amide bonds. The molecule has 1 nitrogen and oxygen atoms in total. The Kier molecular flexibility index (Phi) is 5.48. The largest absolute Gasteiger partial charge is 0.544 e. The van der Waals surface area contributed by atoms with Gasteiger partial charge in [-0.2, -0.15) is 0 Å². The average molecular weight is 325 g/mol. The van der Waals surface area contributed by atoms with Gasteiger partial charge in [-0.25, -0.2) is 0 Å². The third-order valence-electron chi connectivity index (χ3n) is 3.61. The number of hydrogen-bond acceptors (Lipinski definition) is 1. The monoisotopic (exact) mass is 324 g/mol. The summed E-state index contributed by atoms with van der Waals surface area (Å²) in [6.07, 6.45) is 2.18. The maximum absolute atomic E-state index is 6.47. The number of rotatable bonds is 5. The predicted octanol–water partition coefficient (Wildman–Crippen LogP) is 6.47. The summed E-state index contributed by atoms with van der Waals surface area (Å²) in [4.78, 5) is 0. The predicted molar refractivity (Wildman–Crippen MR) is 104 cm³/mol. The summed E-state index contributed by atoms with van der Waals surface area (Å²) in [7, 11) is -1.70. The molecule has 0 aliphatic heterocycles. The summed E-state index contributed by atoms with van der Waals surface area (Å²) < 4.78 is 6.47. The van der Waals surface area contributed by atoms with Crippen LogP contribution in [0.5, 0.6) is 0 Å². The van der Waals surface area contributed by atoms with Crippen LogP contribution in [-0.4, -0.2) is 8.32 Å². The summed E-state index contributed by atoms with van der Waals surface area (Å²) in [5.41, 5.74) is 5.02. The zero-order valence-electron chi connectivity index (χ0n) is 15.2. The minimum Gasteiger partial charge on any atom is -0.544 e. The molecule has 0 fully saturated rings. The second-order valence-electron chi connectivity index (χ2n) is 7.38. The third kappa shape index (κ3) is 5.10. The van der Waals surface area contributed by atoms with Crippen molar-refractivity contribution in [2.24, 2.45) is 0 Å². The van der Waals surface area contributed by atoms with E-state index in [1.54, 1.807) is 0 Å². The van der Waals surface area contributed by atoms with Gasteiger partial charge in [0, 0.05) is 5.56 Å². The molecule has 0 saturated heterocycles. The maximum Gasteiger partial charge on any atom is 0.242 e. The van der Waals surface area contributed by atoms with Crippen LogP contribution in [0, 0.1) is 6.92 Å². The quantitative estimate of drug-likeness (QED) is 0.348. The Morgan fingerprint density at radius 2 is 1.65 bits per heavy atom. The smallest absolute Gasteiger partial charge is 0.242 e. The summed E-state index contributed by atoms with van der Waals surface area (Å²) in [5.74, 6) is 1.47. The molecule has 0 heterocycles. The first kappa shape index (κ1) is 17.5. The van der Waals surface area contributed by atoms with Gasteiger partial charge in [-0.15, -0.1) is 0 Å². The molecular weight excluding hydrogens is 296 g/mol. The number of hydrogen-bond donors (Lipinski definition) is 0. The van der Waals surface area contributed by atoms with Gasteiger partial charge in [0.15, 0.2) is 0 Å². The van der Waals surface area contributed by atoms with Crippen LogP contribution >= 0.6 is 0 Å². The van der Waals surface area contributed by atoms with E-state index in [1.807, 2.05) is 6.07 Å². The number of aryl methyl sites for hydroxylation is 1. The van der Waals surface area contributed by atoms with Crippen molar-refractivity contribution in [2.45, 2.75) is 46.3 Å². The molecule has 2 aromatic rings. The van der Waals surface area contributed by atoms with Crippen LogP contribution in [0.15, 0.2) is 48.5 Å². The lowest BCUT2D eigenvalue weighted by Crippen LogP contribution is -2.24. The van der Waals surface area contributed by atoms with Gasteiger partial charge in [-0.05, 0) is 55.8 Å². The standard InChI is InChI=1S/C21H28OSi/c1-16(2)19-13-12-17(3)14-20(19)21(22-23(4,5)6)15-18-10-8-7-9-11-18/h7-16H,1-6H3. The van der Waals surface area contributed by atoms with Gasteiger partial charge in [0.25, 0.3) is 0 Å². The molecule has 0 aromatic heterocycles. The highest BCUT2D eigenvalue weighted by Gasteiger charge is 2.21. The topological polar surface area (TPSA) is 9.23 Å². The van der Waals surface area contributed by atoms with Crippen LogP contribution in [-0.2, 0) is 4.43 Å². The van der Waals surface area contributed by atoms with Crippen molar-refractivity contribution in [3.05, 3.63) is 70.8 Å². The van der Waals surface area contributed by atoms with Gasteiger partial charge in [0.1, 0.15) is 5.76 Å². The normalized spacial score (nSPS) is 12.6. The van der Waals surface area contributed by atoms with E-state index in [0.717, 1.165) is 5.76 Å². The van der Waals surface area contributed by atoms with Gasteiger partial charge < -0.3 is 4.43 Å². The van der Waals surface area contributed by atoms with Crippen molar-refractivity contribution in [1.82, 2.24) is 0 Å². The molecule has 0 spiro atoms. The molecule has 122 valence electrons. The van der Waals surface area contributed by atoms with Crippen molar-refractivity contribution < 1.29 is 4.43 Å². The van der Waals surface area contributed by atoms with E-state index < -0.39 is 8.32 Å².